The molecule has 0 unspecified atom stereocenters. The predicted octanol–water partition coefficient (Wildman–Crippen LogP) is 4.99. The molecule has 0 radical (unpaired) electrons. The van der Waals surface area contributed by atoms with E-state index in [1.54, 1.807) is 13.0 Å². The molecular weight excluding hydrogens is 556 g/mol. The first kappa shape index (κ1) is 29.7. The second kappa shape index (κ2) is 13.5. The van der Waals surface area contributed by atoms with Crippen LogP contribution in [0.4, 0.5) is 0 Å². The molecule has 5 rings (SSSR count). The highest BCUT2D eigenvalue weighted by molar-refractivity contribution is 7.89. The highest BCUT2D eigenvalue weighted by Gasteiger charge is 2.36. The summed E-state index contributed by atoms with van der Waals surface area (Å²) in [7, 11) is -3.80. The molecule has 0 atom stereocenters. The van der Waals surface area contributed by atoms with Crippen molar-refractivity contribution in [2.75, 3.05) is 39.3 Å². The summed E-state index contributed by atoms with van der Waals surface area (Å²) in [5.74, 6) is 0.600. The van der Waals surface area contributed by atoms with Gasteiger partial charge in [-0.1, -0.05) is 47.1 Å². The molecule has 8 nitrogen and oxygen atoms in total. The molecule has 2 aliphatic heterocycles. The quantitative estimate of drug-likeness (QED) is 0.354. The molecule has 2 fully saturated rings. The average molecular weight is 597 g/mol. The predicted molar refractivity (Wildman–Crippen MR) is 163 cm³/mol. The van der Waals surface area contributed by atoms with Crippen molar-refractivity contribution in [2.45, 2.75) is 50.8 Å². The minimum atomic E-state index is -3.80. The van der Waals surface area contributed by atoms with Crippen molar-refractivity contribution in [3.8, 4) is 0 Å². The lowest BCUT2D eigenvalue weighted by Crippen LogP contribution is -2.45. The first-order valence-corrected chi connectivity index (χ1v) is 16.8. The Bertz CT molecular complexity index is 1420. The number of nitrogens with zero attached hydrogens (tertiary/aromatic N) is 3. The summed E-state index contributed by atoms with van der Waals surface area (Å²) in [6.07, 6.45) is 7.79. The zero-order valence-electron chi connectivity index (χ0n) is 23.9. The van der Waals surface area contributed by atoms with Gasteiger partial charge in [0.25, 0.3) is 0 Å². The summed E-state index contributed by atoms with van der Waals surface area (Å²) in [6.45, 7) is 8.22. The fourth-order valence-electron chi connectivity index (χ4n) is 5.66. The number of benzene rings is 1. The Morgan fingerprint density at radius 1 is 1.05 bits per heavy atom. The summed E-state index contributed by atoms with van der Waals surface area (Å²) in [5.41, 5.74) is 2.44. The SMILES string of the molecule is Cc1ccc(C=Cc2onc(C)c2S(=O)(=O)N2CCC(C(=O)NCC3CCN(CCc4cccs4)CC3)CC2)cc1. The lowest BCUT2D eigenvalue weighted by atomic mass is 9.94. The average Bonchev–Trinajstić information content (AvgIpc) is 3.65. The van der Waals surface area contributed by atoms with Crippen LogP contribution in [0.25, 0.3) is 12.2 Å². The van der Waals surface area contributed by atoms with E-state index in [0.717, 1.165) is 50.0 Å². The summed E-state index contributed by atoms with van der Waals surface area (Å²) in [4.78, 5) is 17.0. The van der Waals surface area contributed by atoms with Gasteiger partial charge in [0.1, 0.15) is 5.69 Å². The lowest BCUT2D eigenvalue weighted by Gasteiger charge is -2.33. The Labute approximate surface area is 247 Å². The molecule has 220 valence electrons. The van der Waals surface area contributed by atoms with Gasteiger partial charge in [0.15, 0.2) is 10.7 Å². The Morgan fingerprint density at radius 2 is 1.78 bits per heavy atom. The monoisotopic (exact) mass is 596 g/mol. The van der Waals surface area contributed by atoms with Crippen LogP contribution in [0.2, 0.25) is 0 Å². The Morgan fingerprint density at radius 3 is 2.46 bits per heavy atom. The third-order valence-electron chi connectivity index (χ3n) is 8.29. The van der Waals surface area contributed by atoms with Gasteiger partial charge in [-0.15, -0.1) is 11.3 Å². The van der Waals surface area contributed by atoms with E-state index in [9.17, 15) is 13.2 Å². The molecule has 4 heterocycles. The number of aromatic nitrogens is 1. The second-order valence-corrected chi connectivity index (χ2v) is 14.2. The van der Waals surface area contributed by atoms with Crippen LogP contribution in [0.15, 0.2) is 51.2 Å². The van der Waals surface area contributed by atoms with Gasteiger partial charge in [0.05, 0.1) is 0 Å². The van der Waals surface area contributed by atoms with Crippen LogP contribution in [0.3, 0.4) is 0 Å². The highest BCUT2D eigenvalue weighted by atomic mass is 32.2. The number of piperidine rings is 2. The van der Waals surface area contributed by atoms with Gasteiger partial charge in [0, 0.05) is 37.0 Å². The maximum atomic E-state index is 13.6. The van der Waals surface area contributed by atoms with Crippen molar-refractivity contribution in [3.63, 3.8) is 0 Å². The number of nitrogens with one attached hydrogen (secondary N) is 1. The maximum Gasteiger partial charge on any atom is 0.248 e. The van der Waals surface area contributed by atoms with Crippen molar-refractivity contribution < 1.29 is 17.7 Å². The Balaban J connectivity index is 1.08. The molecule has 1 N–H and O–H groups in total. The Kier molecular flexibility index (Phi) is 9.75. The number of hydrogen-bond donors (Lipinski definition) is 1. The molecule has 2 aliphatic rings. The molecule has 41 heavy (non-hydrogen) atoms. The topological polar surface area (TPSA) is 95.8 Å². The lowest BCUT2D eigenvalue weighted by molar-refractivity contribution is -0.126. The number of thiophene rings is 1. The number of carbonyl (C=O) groups is 1. The van der Waals surface area contributed by atoms with Gasteiger partial charge >= 0.3 is 0 Å². The number of carbonyl (C=O) groups excluding carboxylic acids is 1. The third kappa shape index (κ3) is 7.54. The molecular formula is C31H40N4O4S2. The number of hydrogen-bond acceptors (Lipinski definition) is 7. The number of sulfonamides is 1. The van der Waals surface area contributed by atoms with Crippen LogP contribution in [-0.2, 0) is 21.2 Å². The van der Waals surface area contributed by atoms with Crippen molar-refractivity contribution in [1.29, 1.82) is 0 Å². The molecule has 1 amide bonds. The van der Waals surface area contributed by atoms with E-state index in [1.807, 2.05) is 48.6 Å². The molecule has 0 bridgehead atoms. The van der Waals surface area contributed by atoms with E-state index < -0.39 is 10.0 Å². The first-order valence-electron chi connectivity index (χ1n) is 14.5. The number of aryl methyl sites for hydroxylation is 2. The zero-order valence-corrected chi connectivity index (χ0v) is 25.6. The van der Waals surface area contributed by atoms with Gasteiger partial charge in [-0.05, 0) is 88.0 Å². The molecule has 10 heteroatoms. The van der Waals surface area contributed by atoms with E-state index in [-0.39, 0.29) is 22.5 Å². The van der Waals surface area contributed by atoms with Crippen LogP contribution in [-0.4, -0.2) is 68.0 Å². The van der Waals surface area contributed by atoms with Crippen molar-refractivity contribution in [3.05, 3.63) is 69.2 Å². The molecule has 1 aromatic carbocycles. The largest absolute Gasteiger partial charge is 0.356 e. The highest BCUT2D eigenvalue weighted by Crippen LogP contribution is 2.29. The second-order valence-electron chi connectivity index (χ2n) is 11.2. The molecule has 3 aromatic rings. The van der Waals surface area contributed by atoms with E-state index in [4.69, 9.17) is 4.52 Å². The van der Waals surface area contributed by atoms with Crippen LogP contribution in [0.1, 0.15) is 53.1 Å². The summed E-state index contributed by atoms with van der Waals surface area (Å²) < 4.78 is 34.0. The van der Waals surface area contributed by atoms with Crippen molar-refractivity contribution >= 4 is 39.4 Å². The number of likely N-dealkylation sites (tertiary alicyclic amines) is 1. The summed E-state index contributed by atoms with van der Waals surface area (Å²) >= 11 is 1.82. The van der Waals surface area contributed by atoms with Gasteiger partial charge in [-0.25, -0.2) is 8.42 Å². The van der Waals surface area contributed by atoms with Gasteiger partial charge < -0.3 is 14.7 Å². The zero-order chi connectivity index (χ0) is 28.8. The smallest absolute Gasteiger partial charge is 0.248 e. The molecule has 0 aliphatic carbocycles. The fourth-order valence-corrected chi connectivity index (χ4v) is 8.08. The molecule has 2 aromatic heterocycles. The van der Waals surface area contributed by atoms with Crippen LogP contribution >= 0.6 is 11.3 Å². The van der Waals surface area contributed by atoms with Crippen LogP contribution < -0.4 is 5.32 Å². The van der Waals surface area contributed by atoms with Gasteiger partial charge in [0.2, 0.25) is 15.9 Å². The molecule has 0 spiro atoms. The summed E-state index contributed by atoms with van der Waals surface area (Å²) in [6, 6.07) is 12.2. The minimum Gasteiger partial charge on any atom is -0.356 e. The molecule has 2 saturated heterocycles. The summed E-state index contributed by atoms with van der Waals surface area (Å²) in [5, 5.41) is 9.24. The van der Waals surface area contributed by atoms with E-state index in [0.29, 0.717) is 44.1 Å². The van der Waals surface area contributed by atoms with Crippen molar-refractivity contribution in [1.82, 2.24) is 19.7 Å². The van der Waals surface area contributed by atoms with Gasteiger partial charge in [-0.3, -0.25) is 4.79 Å². The van der Waals surface area contributed by atoms with E-state index >= 15 is 0 Å². The standard InChI is InChI=1S/C31H40N4O4S2/c1-23-5-7-25(8-6-23)9-10-29-30(24(2)33-39-29)41(37,38)35-19-13-27(14-20-35)31(36)32-22-26-11-16-34(17-12-26)18-15-28-4-3-21-40-28/h3-10,21,26-27H,11-20,22H2,1-2H3,(H,32,36). The number of amides is 1. The van der Waals surface area contributed by atoms with Crippen molar-refractivity contribution in [2.24, 2.45) is 11.8 Å². The molecule has 0 saturated carbocycles. The van der Waals surface area contributed by atoms with Crippen LogP contribution in [0, 0.1) is 25.7 Å². The Hall–Kier alpha value is -2.79. The minimum absolute atomic E-state index is 0.0463. The maximum absolute atomic E-state index is 13.6. The normalized spacial score (nSPS) is 18.3. The van der Waals surface area contributed by atoms with Gasteiger partial charge in [-0.2, -0.15) is 4.31 Å². The first-order chi connectivity index (χ1) is 19.8. The third-order valence-corrected chi connectivity index (χ3v) is 11.3. The number of rotatable bonds is 10. The van der Waals surface area contributed by atoms with Crippen LogP contribution in [0.5, 0.6) is 0 Å². The van der Waals surface area contributed by atoms with E-state index in [2.05, 4.69) is 32.9 Å². The van der Waals surface area contributed by atoms with E-state index in [1.165, 1.54) is 9.18 Å². The fraction of sp³-hybridized carbons (Fsp3) is 0.484.